The van der Waals surface area contributed by atoms with Gasteiger partial charge in [0.25, 0.3) is 0 Å². The lowest BCUT2D eigenvalue weighted by molar-refractivity contribution is 0.190. The third-order valence-corrected chi connectivity index (χ3v) is 4.64. The van der Waals surface area contributed by atoms with Crippen LogP contribution in [-0.2, 0) is 6.54 Å². The summed E-state index contributed by atoms with van der Waals surface area (Å²) < 4.78 is 0. The number of anilines is 1. The molecule has 4 heteroatoms. The summed E-state index contributed by atoms with van der Waals surface area (Å²) in [6.07, 6.45) is 4.85. The fourth-order valence-corrected chi connectivity index (χ4v) is 3.04. The lowest BCUT2D eigenvalue weighted by atomic mass is 9.86. The maximum absolute atomic E-state index is 12.3. The second kappa shape index (κ2) is 7.52. The Labute approximate surface area is 134 Å². The number of carbonyl (C=O) groups excluding carboxylic acids is 1. The smallest absolute Gasteiger partial charge is 0.317 e. The number of rotatable bonds is 4. The van der Waals surface area contributed by atoms with E-state index in [0.717, 1.165) is 12.0 Å². The Kier molecular flexibility index (Phi) is 5.69. The summed E-state index contributed by atoms with van der Waals surface area (Å²) in [4.78, 5) is 16.2. The average Bonchev–Trinajstić information content (AvgIpc) is 2.50. The standard InChI is InChI=1S/C18H29N3O/c1-14-7-5-6-8-17(14)19-18(22)21(4)13-15-9-11-16(12-10-15)20(2)3/h9-12,14,17H,5-8,13H2,1-4H3,(H,19,22). The van der Waals surface area contributed by atoms with Crippen LogP contribution in [0.4, 0.5) is 10.5 Å². The normalized spacial score (nSPS) is 21.3. The van der Waals surface area contributed by atoms with Gasteiger partial charge in [-0.2, -0.15) is 0 Å². The maximum Gasteiger partial charge on any atom is 0.317 e. The van der Waals surface area contributed by atoms with Gasteiger partial charge in [0.15, 0.2) is 0 Å². The molecule has 2 amide bonds. The second-order valence-electron chi connectivity index (χ2n) is 6.73. The van der Waals surface area contributed by atoms with Gasteiger partial charge in [-0.3, -0.25) is 0 Å². The maximum atomic E-state index is 12.3. The van der Waals surface area contributed by atoms with Gasteiger partial charge in [0.05, 0.1) is 0 Å². The van der Waals surface area contributed by atoms with Crippen molar-refractivity contribution in [1.82, 2.24) is 10.2 Å². The van der Waals surface area contributed by atoms with Gasteiger partial charge in [0.1, 0.15) is 0 Å². The van der Waals surface area contributed by atoms with Crippen LogP contribution in [0.15, 0.2) is 24.3 Å². The van der Waals surface area contributed by atoms with E-state index in [1.165, 1.54) is 24.9 Å². The van der Waals surface area contributed by atoms with E-state index in [1.54, 1.807) is 4.90 Å². The Hall–Kier alpha value is -1.71. The van der Waals surface area contributed by atoms with Crippen LogP contribution in [0.5, 0.6) is 0 Å². The second-order valence-corrected chi connectivity index (χ2v) is 6.73. The third-order valence-electron chi connectivity index (χ3n) is 4.64. The van der Waals surface area contributed by atoms with Crippen LogP contribution in [0, 0.1) is 5.92 Å². The molecule has 22 heavy (non-hydrogen) atoms. The Morgan fingerprint density at radius 1 is 1.14 bits per heavy atom. The highest BCUT2D eigenvalue weighted by molar-refractivity contribution is 5.74. The van der Waals surface area contributed by atoms with Crippen LogP contribution in [0.1, 0.15) is 38.2 Å². The van der Waals surface area contributed by atoms with Gasteiger partial charge in [-0.25, -0.2) is 4.79 Å². The molecule has 1 N–H and O–H groups in total. The van der Waals surface area contributed by atoms with Gasteiger partial charge >= 0.3 is 6.03 Å². The molecule has 4 nitrogen and oxygen atoms in total. The molecule has 2 rings (SSSR count). The highest BCUT2D eigenvalue weighted by Gasteiger charge is 2.23. The zero-order chi connectivity index (χ0) is 16.1. The molecule has 0 spiro atoms. The van der Waals surface area contributed by atoms with Crippen molar-refractivity contribution >= 4 is 11.7 Å². The largest absolute Gasteiger partial charge is 0.378 e. The first-order valence-electron chi connectivity index (χ1n) is 8.25. The number of nitrogens with one attached hydrogen (secondary N) is 1. The molecule has 2 atom stereocenters. The zero-order valence-electron chi connectivity index (χ0n) is 14.3. The molecule has 1 saturated carbocycles. The van der Waals surface area contributed by atoms with Crippen molar-refractivity contribution in [2.24, 2.45) is 5.92 Å². The van der Waals surface area contributed by atoms with Crippen LogP contribution >= 0.6 is 0 Å². The van der Waals surface area contributed by atoms with E-state index >= 15 is 0 Å². The molecule has 0 bridgehead atoms. The number of urea groups is 1. The summed E-state index contributed by atoms with van der Waals surface area (Å²) >= 11 is 0. The summed E-state index contributed by atoms with van der Waals surface area (Å²) in [7, 11) is 5.92. The van der Waals surface area contributed by atoms with Crippen molar-refractivity contribution in [3.63, 3.8) is 0 Å². The van der Waals surface area contributed by atoms with Crippen LogP contribution in [0.25, 0.3) is 0 Å². The number of hydrogen-bond donors (Lipinski definition) is 1. The van der Waals surface area contributed by atoms with Crippen molar-refractivity contribution < 1.29 is 4.79 Å². The first-order chi connectivity index (χ1) is 10.5. The number of amides is 2. The van der Waals surface area contributed by atoms with Gasteiger partial charge in [0, 0.05) is 39.4 Å². The van der Waals surface area contributed by atoms with Crippen molar-refractivity contribution in [2.45, 2.75) is 45.2 Å². The summed E-state index contributed by atoms with van der Waals surface area (Å²) in [5.74, 6) is 0.588. The third kappa shape index (κ3) is 4.39. The Bertz CT molecular complexity index is 484. The molecule has 1 fully saturated rings. The van der Waals surface area contributed by atoms with Gasteiger partial charge < -0.3 is 15.1 Å². The molecule has 0 heterocycles. The molecular weight excluding hydrogens is 274 g/mol. The topological polar surface area (TPSA) is 35.6 Å². The summed E-state index contributed by atoms with van der Waals surface area (Å²) in [5.41, 5.74) is 2.33. The van der Waals surface area contributed by atoms with E-state index in [9.17, 15) is 4.79 Å². The molecule has 0 aliphatic heterocycles. The van der Waals surface area contributed by atoms with Gasteiger partial charge in [-0.1, -0.05) is 31.9 Å². The molecular formula is C18H29N3O. The van der Waals surface area contributed by atoms with Crippen LogP contribution < -0.4 is 10.2 Å². The minimum absolute atomic E-state index is 0.0374. The predicted molar refractivity (Wildman–Crippen MR) is 92.2 cm³/mol. The van der Waals surface area contributed by atoms with Crippen LogP contribution in [0.3, 0.4) is 0 Å². The Balaban J connectivity index is 1.87. The Morgan fingerprint density at radius 2 is 1.77 bits per heavy atom. The van der Waals surface area contributed by atoms with Crippen LogP contribution in [-0.4, -0.2) is 38.1 Å². The number of hydrogen-bond acceptors (Lipinski definition) is 2. The van der Waals surface area contributed by atoms with E-state index in [0.29, 0.717) is 18.5 Å². The summed E-state index contributed by atoms with van der Waals surface area (Å²) in [5, 5.41) is 3.20. The van der Waals surface area contributed by atoms with Crippen molar-refractivity contribution in [1.29, 1.82) is 0 Å². The molecule has 1 aromatic rings. The molecule has 0 aromatic heterocycles. The number of nitrogens with zero attached hydrogens (tertiary/aromatic N) is 2. The van der Waals surface area contributed by atoms with E-state index in [-0.39, 0.29) is 6.03 Å². The number of carbonyl (C=O) groups is 1. The van der Waals surface area contributed by atoms with Gasteiger partial charge in [-0.05, 0) is 36.5 Å². The fourth-order valence-electron chi connectivity index (χ4n) is 3.04. The molecule has 2 unspecified atom stereocenters. The number of benzene rings is 1. The monoisotopic (exact) mass is 303 g/mol. The first kappa shape index (κ1) is 16.7. The molecule has 0 saturated heterocycles. The van der Waals surface area contributed by atoms with Gasteiger partial charge in [0.2, 0.25) is 0 Å². The minimum Gasteiger partial charge on any atom is -0.378 e. The average molecular weight is 303 g/mol. The summed E-state index contributed by atoms with van der Waals surface area (Å²) in [6, 6.07) is 8.72. The van der Waals surface area contributed by atoms with Crippen LogP contribution in [0.2, 0.25) is 0 Å². The summed E-state index contributed by atoms with van der Waals surface area (Å²) in [6.45, 7) is 2.88. The SMILES string of the molecule is CC1CCCCC1NC(=O)N(C)Cc1ccc(N(C)C)cc1. The van der Waals surface area contributed by atoms with Crippen molar-refractivity contribution in [3.8, 4) is 0 Å². The highest BCUT2D eigenvalue weighted by Crippen LogP contribution is 2.24. The van der Waals surface area contributed by atoms with E-state index in [4.69, 9.17) is 0 Å². The molecule has 1 aliphatic rings. The highest BCUT2D eigenvalue weighted by atomic mass is 16.2. The van der Waals surface area contributed by atoms with Gasteiger partial charge in [-0.15, -0.1) is 0 Å². The molecule has 0 radical (unpaired) electrons. The zero-order valence-corrected chi connectivity index (χ0v) is 14.3. The Morgan fingerprint density at radius 3 is 2.36 bits per heavy atom. The van der Waals surface area contributed by atoms with E-state index < -0.39 is 0 Å². The minimum atomic E-state index is 0.0374. The van der Waals surface area contributed by atoms with E-state index in [1.807, 2.05) is 21.1 Å². The molecule has 1 aliphatic carbocycles. The van der Waals surface area contributed by atoms with E-state index in [2.05, 4.69) is 41.4 Å². The molecule has 1 aromatic carbocycles. The van der Waals surface area contributed by atoms with Crippen molar-refractivity contribution in [2.75, 3.05) is 26.0 Å². The first-order valence-corrected chi connectivity index (χ1v) is 8.25. The lowest BCUT2D eigenvalue weighted by Gasteiger charge is -2.31. The lowest BCUT2D eigenvalue weighted by Crippen LogP contribution is -2.46. The van der Waals surface area contributed by atoms with Crippen molar-refractivity contribution in [3.05, 3.63) is 29.8 Å². The predicted octanol–water partition coefficient (Wildman–Crippen LogP) is 3.47. The fraction of sp³-hybridized carbons (Fsp3) is 0.611. The quantitative estimate of drug-likeness (QED) is 0.924. The molecule has 122 valence electrons.